The Bertz CT molecular complexity index is 69.7. The molecule has 0 saturated heterocycles. The molecule has 2 nitrogen and oxygen atoms in total. The molecule has 0 aromatic rings. The van der Waals surface area contributed by atoms with Gasteiger partial charge in [0.05, 0.1) is 0 Å². The van der Waals surface area contributed by atoms with Gasteiger partial charge in [-0.15, -0.1) is 0 Å². The second-order valence-corrected chi connectivity index (χ2v) is 0.644. The first-order chi connectivity index (χ1) is 3.83. The Morgan fingerprint density at radius 1 is 1.00 bits per heavy atom. The average molecular weight is 475 g/mol. The molecule has 0 spiro atoms. The van der Waals surface area contributed by atoms with Crippen molar-refractivity contribution in [2.75, 3.05) is 0 Å². The normalized spacial score (nSPS) is 4.00. The summed E-state index contributed by atoms with van der Waals surface area (Å²) in [4.78, 5) is 17.9. The van der Waals surface area contributed by atoms with E-state index in [1.807, 2.05) is 0 Å². The van der Waals surface area contributed by atoms with Crippen LogP contribution in [0.1, 0.15) is 0 Å². The van der Waals surface area contributed by atoms with E-state index in [4.69, 9.17) is 9.59 Å². The van der Waals surface area contributed by atoms with Gasteiger partial charge in [-0.25, -0.2) is 25.3 Å². The van der Waals surface area contributed by atoms with Crippen LogP contribution in [0.4, 0.5) is 0 Å². The van der Waals surface area contributed by atoms with E-state index in [1.165, 1.54) is 12.6 Å². The predicted octanol–water partition coefficient (Wildman–Crippen LogP) is 0.559. The van der Waals surface area contributed by atoms with Crippen LogP contribution in [0.2, 0.25) is 0 Å². The summed E-state index contributed by atoms with van der Waals surface area (Å²) in [5.41, 5.74) is 0. The van der Waals surface area contributed by atoms with Gasteiger partial charge in [-0.2, -0.15) is 0 Å². The summed E-state index contributed by atoms with van der Waals surface area (Å²) in [6, 6.07) is 0. The third-order valence-corrected chi connectivity index (χ3v) is 0.167. The SMILES string of the molecule is C=C[C-]=O.C=C[C-]=O.[Ta+2].[W]. The first-order valence-corrected chi connectivity index (χ1v) is 1.80. The molecule has 0 aliphatic carbocycles. The van der Waals surface area contributed by atoms with Crippen LogP contribution >= 0.6 is 0 Å². The second kappa shape index (κ2) is 34.9. The largest absolute Gasteiger partial charge is 2.00 e. The molecule has 0 bridgehead atoms. The van der Waals surface area contributed by atoms with Gasteiger partial charge in [0.25, 0.3) is 0 Å². The topological polar surface area (TPSA) is 34.1 Å². The molecule has 0 aromatic carbocycles. The van der Waals surface area contributed by atoms with Crippen molar-refractivity contribution < 1.29 is 53.0 Å². The van der Waals surface area contributed by atoms with E-state index in [0.29, 0.717) is 0 Å². The molecule has 0 aliphatic rings. The molecule has 0 N–H and O–H groups in total. The fraction of sp³-hybridized carbons (Fsp3) is 0. The van der Waals surface area contributed by atoms with Gasteiger partial charge in [0.2, 0.25) is 0 Å². The Hall–Kier alpha value is 0.249. The third kappa shape index (κ3) is 85.7. The van der Waals surface area contributed by atoms with E-state index >= 15 is 0 Å². The zero-order chi connectivity index (χ0) is 6.83. The smallest absolute Gasteiger partial charge is 0.419 e. The molecule has 53 valence electrons. The quantitative estimate of drug-likeness (QED) is 0.433. The van der Waals surface area contributed by atoms with E-state index in [2.05, 4.69) is 13.2 Å². The molecule has 0 rings (SSSR count). The minimum atomic E-state index is 0. The van der Waals surface area contributed by atoms with E-state index in [0.717, 1.165) is 12.2 Å². The van der Waals surface area contributed by atoms with Gasteiger partial charge in [-0.3, -0.25) is 0 Å². The molecule has 0 heterocycles. The van der Waals surface area contributed by atoms with Crippen molar-refractivity contribution in [3.05, 3.63) is 25.3 Å². The van der Waals surface area contributed by atoms with Crippen LogP contribution in [-0.4, -0.2) is 12.6 Å². The fourth-order valence-corrected chi connectivity index (χ4v) is 0. The van der Waals surface area contributed by atoms with E-state index < -0.39 is 0 Å². The van der Waals surface area contributed by atoms with Crippen LogP contribution in [0, 0.1) is 0 Å². The Morgan fingerprint density at radius 2 is 1.10 bits per heavy atom. The molecule has 10 heavy (non-hydrogen) atoms. The Kier molecular flexibility index (Phi) is 78.3. The maximum atomic E-state index is 8.93. The molecule has 1 radical (unpaired) electrons. The summed E-state index contributed by atoms with van der Waals surface area (Å²) in [5, 5.41) is 0. The standard InChI is InChI=1S/2C3H3O.Ta.W/c2*1-2-3-4;;/h2*2H,1H2;;/q2*-1;+2;. The number of carbonyl (C=O) groups excluding carboxylic acids is 2. The van der Waals surface area contributed by atoms with Gasteiger partial charge in [0, 0.05) is 21.1 Å². The van der Waals surface area contributed by atoms with E-state index in [9.17, 15) is 0 Å². The average Bonchev–Trinajstić information content (AvgIpc) is 1.88. The van der Waals surface area contributed by atoms with Crippen LogP contribution in [-0.2, 0) is 53.0 Å². The van der Waals surface area contributed by atoms with E-state index in [-0.39, 0.29) is 43.4 Å². The van der Waals surface area contributed by atoms with Gasteiger partial charge < -0.3 is 9.59 Å². The summed E-state index contributed by atoms with van der Waals surface area (Å²) in [6.07, 6.45) is 5.03. The molecular formula is C6H6O2TaW. The molecule has 0 aliphatic heterocycles. The van der Waals surface area contributed by atoms with Crippen molar-refractivity contribution >= 4 is 12.6 Å². The van der Waals surface area contributed by atoms with Crippen LogP contribution in [0.15, 0.2) is 25.3 Å². The monoisotopic (exact) mass is 475 g/mol. The first kappa shape index (κ1) is 22.5. The van der Waals surface area contributed by atoms with Gasteiger partial charge in [0.15, 0.2) is 0 Å². The number of hydrogen-bond acceptors (Lipinski definition) is 2. The van der Waals surface area contributed by atoms with Crippen molar-refractivity contribution in [2.24, 2.45) is 0 Å². The maximum absolute atomic E-state index is 8.93. The zero-order valence-corrected chi connectivity index (χ0v) is 11.4. The minimum absolute atomic E-state index is 0. The molecule has 0 aromatic heterocycles. The van der Waals surface area contributed by atoms with Crippen LogP contribution in [0.5, 0.6) is 0 Å². The summed E-state index contributed by atoms with van der Waals surface area (Å²) in [6.45, 7) is 6.11. The van der Waals surface area contributed by atoms with Gasteiger partial charge in [0.1, 0.15) is 0 Å². The Morgan fingerprint density at radius 3 is 1.10 bits per heavy atom. The fourth-order valence-electron chi connectivity index (χ4n) is 0. The maximum Gasteiger partial charge on any atom is 2.00 e. The first-order valence-electron chi connectivity index (χ1n) is 1.80. The van der Waals surface area contributed by atoms with Crippen molar-refractivity contribution in [2.45, 2.75) is 0 Å². The summed E-state index contributed by atoms with van der Waals surface area (Å²) >= 11 is 0. The van der Waals surface area contributed by atoms with Crippen molar-refractivity contribution in [1.29, 1.82) is 0 Å². The Balaban J connectivity index is -0.0000000300. The second-order valence-electron chi connectivity index (χ2n) is 0.644. The molecule has 0 fully saturated rings. The van der Waals surface area contributed by atoms with Crippen molar-refractivity contribution in [1.82, 2.24) is 0 Å². The van der Waals surface area contributed by atoms with Gasteiger partial charge >= 0.3 is 22.4 Å². The van der Waals surface area contributed by atoms with Crippen molar-refractivity contribution in [3.63, 3.8) is 0 Å². The minimum Gasteiger partial charge on any atom is -0.419 e. The molecule has 4 heteroatoms. The third-order valence-electron chi connectivity index (χ3n) is 0.167. The number of rotatable bonds is 2. The van der Waals surface area contributed by atoms with E-state index in [1.54, 1.807) is 0 Å². The number of hydrogen-bond donors (Lipinski definition) is 0. The Labute approximate surface area is 90.5 Å². The molecule has 0 saturated carbocycles. The molecule has 0 amide bonds. The molecule has 0 atom stereocenters. The zero-order valence-electron chi connectivity index (χ0n) is 5.24. The van der Waals surface area contributed by atoms with Gasteiger partial charge in [-0.1, -0.05) is 0 Å². The summed E-state index contributed by atoms with van der Waals surface area (Å²) < 4.78 is 0. The van der Waals surface area contributed by atoms with Gasteiger partial charge in [-0.05, 0) is 12.6 Å². The van der Waals surface area contributed by atoms with Crippen LogP contribution in [0.25, 0.3) is 0 Å². The summed E-state index contributed by atoms with van der Waals surface area (Å²) in [5.74, 6) is 0. The number of allylic oxidation sites excluding steroid dienone is 2. The molecular weight excluding hydrogens is 469 g/mol. The molecule has 0 unspecified atom stereocenters. The van der Waals surface area contributed by atoms with Crippen LogP contribution in [0.3, 0.4) is 0 Å². The summed E-state index contributed by atoms with van der Waals surface area (Å²) in [7, 11) is 0. The van der Waals surface area contributed by atoms with Crippen molar-refractivity contribution in [3.8, 4) is 0 Å². The van der Waals surface area contributed by atoms with Crippen LogP contribution < -0.4 is 0 Å². The predicted molar refractivity (Wildman–Crippen MR) is 31.8 cm³/mol.